The first-order chi connectivity index (χ1) is 11.2. The molecule has 0 aliphatic carbocycles. The lowest BCUT2D eigenvalue weighted by atomic mass is 10.0. The molecule has 1 aromatic carbocycles. The van der Waals surface area contributed by atoms with Crippen LogP contribution in [0.4, 0.5) is 5.69 Å². The van der Waals surface area contributed by atoms with Crippen molar-refractivity contribution in [3.8, 4) is 0 Å². The molecule has 1 rings (SSSR count). The summed E-state index contributed by atoms with van der Waals surface area (Å²) in [5.41, 5.74) is 1.34. The van der Waals surface area contributed by atoms with Crippen molar-refractivity contribution in [1.82, 2.24) is 0 Å². The molecule has 0 radical (unpaired) electrons. The molecule has 0 aromatic heterocycles. The van der Waals surface area contributed by atoms with Crippen LogP contribution in [0.2, 0.25) is 0 Å². The van der Waals surface area contributed by atoms with E-state index < -0.39 is 33.4 Å². The van der Waals surface area contributed by atoms with E-state index in [0.29, 0.717) is 18.5 Å². The maximum absolute atomic E-state index is 11.8. The second kappa shape index (κ2) is 9.42. The number of carboxylic acids is 1. The molecule has 0 aliphatic rings. The van der Waals surface area contributed by atoms with Gasteiger partial charge in [-0.1, -0.05) is 38.8 Å². The SMILES string of the molecule is CCCCCS(=O)(=O)CC(=O)Nc1ccc(CC(C)C(=O)O)cc1. The van der Waals surface area contributed by atoms with E-state index in [-0.39, 0.29) is 5.75 Å². The van der Waals surface area contributed by atoms with Crippen molar-refractivity contribution < 1.29 is 23.1 Å². The van der Waals surface area contributed by atoms with Crippen molar-refractivity contribution in [2.24, 2.45) is 5.92 Å². The minimum atomic E-state index is -3.38. The van der Waals surface area contributed by atoms with Crippen LogP contribution < -0.4 is 5.32 Å². The quantitative estimate of drug-likeness (QED) is 0.628. The normalized spacial score (nSPS) is 12.6. The van der Waals surface area contributed by atoms with Crippen LogP contribution in [-0.2, 0) is 25.8 Å². The summed E-state index contributed by atoms with van der Waals surface area (Å²) in [4.78, 5) is 22.7. The van der Waals surface area contributed by atoms with Crippen molar-refractivity contribution in [3.63, 3.8) is 0 Å². The van der Waals surface area contributed by atoms with Crippen LogP contribution in [0.3, 0.4) is 0 Å². The second-order valence-electron chi connectivity index (χ2n) is 5.99. The van der Waals surface area contributed by atoms with Gasteiger partial charge in [-0.3, -0.25) is 9.59 Å². The van der Waals surface area contributed by atoms with Gasteiger partial charge in [0.15, 0.2) is 9.84 Å². The van der Waals surface area contributed by atoms with Crippen LogP contribution in [0.25, 0.3) is 0 Å². The van der Waals surface area contributed by atoms with Crippen LogP contribution in [0.15, 0.2) is 24.3 Å². The van der Waals surface area contributed by atoms with Crippen LogP contribution >= 0.6 is 0 Å². The van der Waals surface area contributed by atoms with Gasteiger partial charge in [-0.2, -0.15) is 0 Å². The van der Waals surface area contributed by atoms with E-state index in [1.807, 2.05) is 6.92 Å². The van der Waals surface area contributed by atoms with Crippen LogP contribution in [0.1, 0.15) is 38.7 Å². The molecule has 134 valence electrons. The number of aliphatic carboxylic acids is 1. The van der Waals surface area contributed by atoms with Crippen LogP contribution in [0, 0.1) is 5.92 Å². The third kappa shape index (κ3) is 7.59. The molecule has 0 saturated heterocycles. The molecule has 0 fully saturated rings. The van der Waals surface area contributed by atoms with Gasteiger partial charge in [0, 0.05) is 5.69 Å². The van der Waals surface area contributed by atoms with Crippen LogP contribution in [-0.4, -0.2) is 36.9 Å². The third-order valence-electron chi connectivity index (χ3n) is 3.61. The van der Waals surface area contributed by atoms with Gasteiger partial charge in [0.1, 0.15) is 5.75 Å². The lowest BCUT2D eigenvalue weighted by molar-refractivity contribution is -0.141. The maximum Gasteiger partial charge on any atom is 0.306 e. The molecule has 0 spiro atoms. The summed E-state index contributed by atoms with van der Waals surface area (Å²) in [6.45, 7) is 3.61. The van der Waals surface area contributed by atoms with E-state index in [0.717, 1.165) is 18.4 Å². The first-order valence-electron chi connectivity index (χ1n) is 8.05. The molecule has 2 N–H and O–H groups in total. The minimum Gasteiger partial charge on any atom is -0.481 e. The predicted molar refractivity (Wildman–Crippen MR) is 93.8 cm³/mol. The summed E-state index contributed by atoms with van der Waals surface area (Å²) in [5, 5.41) is 11.4. The highest BCUT2D eigenvalue weighted by atomic mass is 32.2. The summed E-state index contributed by atoms with van der Waals surface area (Å²) in [7, 11) is -3.38. The monoisotopic (exact) mass is 355 g/mol. The molecule has 7 heteroatoms. The number of anilines is 1. The fraction of sp³-hybridized carbons (Fsp3) is 0.529. The van der Waals surface area contributed by atoms with E-state index >= 15 is 0 Å². The summed E-state index contributed by atoms with van der Waals surface area (Å²) in [5.74, 6) is -2.40. The Bertz CT molecular complexity index is 652. The van der Waals surface area contributed by atoms with Crippen molar-refractivity contribution in [3.05, 3.63) is 29.8 Å². The molecule has 1 unspecified atom stereocenters. The fourth-order valence-electron chi connectivity index (χ4n) is 2.21. The predicted octanol–water partition coefficient (Wildman–Crippen LogP) is 2.49. The molecule has 6 nitrogen and oxygen atoms in total. The highest BCUT2D eigenvalue weighted by Gasteiger charge is 2.16. The molecule has 1 amide bonds. The molecular formula is C17H25NO5S. The Labute approximate surface area is 143 Å². The molecular weight excluding hydrogens is 330 g/mol. The zero-order valence-corrected chi connectivity index (χ0v) is 14.9. The van der Waals surface area contributed by atoms with Gasteiger partial charge in [-0.25, -0.2) is 8.42 Å². The Morgan fingerprint density at radius 3 is 2.33 bits per heavy atom. The number of carbonyl (C=O) groups excluding carboxylic acids is 1. The standard InChI is InChI=1S/C17H25NO5S/c1-3-4-5-10-24(22,23)12-16(19)18-15-8-6-14(7-9-15)11-13(2)17(20)21/h6-9,13H,3-5,10-12H2,1-2H3,(H,18,19)(H,20,21). The highest BCUT2D eigenvalue weighted by Crippen LogP contribution is 2.14. The molecule has 24 heavy (non-hydrogen) atoms. The van der Waals surface area contributed by atoms with Crippen molar-refractivity contribution in [1.29, 1.82) is 0 Å². The lowest BCUT2D eigenvalue weighted by Crippen LogP contribution is -2.24. The summed E-state index contributed by atoms with van der Waals surface area (Å²) >= 11 is 0. The average molecular weight is 355 g/mol. The largest absolute Gasteiger partial charge is 0.481 e. The first kappa shape index (κ1) is 20.2. The van der Waals surface area contributed by atoms with Crippen molar-refractivity contribution in [2.75, 3.05) is 16.8 Å². The smallest absolute Gasteiger partial charge is 0.306 e. The fourth-order valence-corrected chi connectivity index (χ4v) is 3.47. The lowest BCUT2D eigenvalue weighted by Gasteiger charge is -2.09. The highest BCUT2D eigenvalue weighted by molar-refractivity contribution is 7.92. The number of hydrogen-bond acceptors (Lipinski definition) is 4. The topological polar surface area (TPSA) is 101 Å². The number of sulfone groups is 1. The Morgan fingerprint density at radius 2 is 1.79 bits per heavy atom. The summed E-state index contributed by atoms with van der Waals surface area (Å²) in [6, 6.07) is 6.74. The summed E-state index contributed by atoms with van der Waals surface area (Å²) in [6.07, 6.45) is 2.73. The number of unbranched alkanes of at least 4 members (excludes halogenated alkanes) is 2. The molecule has 1 aromatic rings. The Hall–Kier alpha value is -1.89. The number of carboxylic acid groups (broad SMARTS) is 1. The van der Waals surface area contributed by atoms with Gasteiger partial charge in [-0.15, -0.1) is 0 Å². The van der Waals surface area contributed by atoms with E-state index in [1.54, 1.807) is 31.2 Å². The zero-order valence-electron chi connectivity index (χ0n) is 14.1. The minimum absolute atomic E-state index is 0.0281. The molecule has 1 atom stereocenters. The van der Waals surface area contributed by atoms with E-state index in [4.69, 9.17) is 5.11 Å². The van der Waals surface area contributed by atoms with Crippen LogP contribution in [0.5, 0.6) is 0 Å². The average Bonchev–Trinajstić information content (AvgIpc) is 2.48. The number of hydrogen-bond donors (Lipinski definition) is 2. The van der Waals surface area contributed by atoms with Gasteiger partial charge in [-0.05, 0) is 30.5 Å². The zero-order chi connectivity index (χ0) is 18.2. The number of amides is 1. The molecule has 0 bridgehead atoms. The number of rotatable bonds is 10. The van der Waals surface area contributed by atoms with Gasteiger partial charge < -0.3 is 10.4 Å². The Balaban J connectivity index is 2.54. The van der Waals surface area contributed by atoms with Gasteiger partial charge >= 0.3 is 5.97 Å². The number of nitrogens with one attached hydrogen (secondary N) is 1. The number of benzene rings is 1. The Morgan fingerprint density at radius 1 is 1.17 bits per heavy atom. The van der Waals surface area contributed by atoms with Gasteiger partial charge in [0.2, 0.25) is 5.91 Å². The summed E-state index contributed by atoms with van der Waals surface area (Å²) < 4.78 is 23.7. The molecule has 0 heterocycles. The van der Waals surface area contributed by atoms with E-state index in [2.05, 4.69) is 5.32 Å². The second-order valence-corrected chi connectivity index (χ2v) is 8.17. The van der Waals surface area contributed by atoms with E-state index in [9.17, 15) is 18.0 Å². The maximum atomic E-state index is 11.8. The van der Waals surface area contributed by atoms with E-state index in [1.165, 1.54) is 0 Å². The van der Waals surface area contributed by atoms with Crippen molar-refractivity contribution in [2.45, 2.75) is 39.5 Å². The number of carbonyl (C=O) groups is 2. The molecule has 0 aliphatic heterocycles. The van der Waals surface area contributed by atoms with Gasteiger partial charge in [0.05, 0.1) is 11.7 Å². The first-order valence-corrected chi connectivity index (χ1v) is 9.87. The third-order valence-corrected chi connectivity index (χ3v) is 5.22. The Kier molecular flexibility index (Phi) is 7.91. The van der Waals surface area contributed by atoms with Gasteiger partial charge in [0.25, 0.3) is 0 Å². The van der Waals surface area contributed by atoms with Crippen molar-refractivity contribution >= 4 is 27.4 Å². The molecule has 0 saturated carbocycles.